The molecule has 19 heavy (non-hydrogen) atoms. The van der Waals surface area contributed by atoms with Crippen molar-refractivity contribution in [3.05, 3.63) is 29.1 Å². The molecular weight excluding hydrogens is 267 g/mol. The molecule has 0 radical (unpaired) electrons. The van der Waals surface area contributed by atoms with Crippen molar-refractivity contribution in [2.24, 2.45) is 0 Å². The molecule has 7 heteroatoms. The summed E-state index contributed by atoms with van der Waals surface area (Å²) in [7, 11) is 1.85. The lowest BCUT2D eigenvalue weighted by Crippen LogP contribution is -2.32. The van der Waals surface area contributed by atoms with Gasteiger partial charge in [0.2, 0.25) is 5.82 Å². The smallest absolute Gasteiger partial charge is 0.200 e. The van der Waals surface area contributed by atoms with Crippen LogP contribution in [0.25, 0.3) is 0 Å². The molecule has 1 unspecified atom stereocenters. The molecule has 1 fully saturated rings. The molecule has 1 saturated heterocycles. The molecule has 0 aliphatic carbocycles. The van der Waals surface area contributed by atoms with Crippen molar-refractivity contribution < 1.29 is 22.0 Å². The number of hydrogen-bond acceptors (Lipinski definition) is 2. The molecule has 1 aromatic rings. The van der Waals surface area contributed by atoms with Gasteiger partial charge in [0.1, 0.15) is 5.69 Å². The van der Waals surface area contributed by atoms with Gasteiger partial charge in [0.25, 0.3) is 0 Å². The van der Waals surface area contributed by atoms with Crippen LogP contribution in [0.4, 0.5) is 27.6 Å². The second kappa shape index (κ2) is 5.32. The van der Waals surface area contributed by atoms with Crippen molar-refractivity contribution in [3.8, 4) is 0 Å². The molecule has 1 aromatic carbocycles. The van der Waals surface area contributed by atoms with E-state index in [1.54, 1.807) is 0 Å². The van der Waals surface area contributed by atoms with E-state index in [2.05, 4.69) is 5.32 Å². The highest BCUT2D eigenvalue weighted by molar-refractivity contribution is 5.47. The van der Waals surface area contributed by atoms with Crippen LogP contribution in [0.2, 0.25) is 0 Å². The normalized spacial score (nSPS) is 20.0. The fourth-order valence-corrected chi connectivity index (χ4v) is 2.22. The molecule has 0 bridgehead atoms. The van der Waals surface area contributed by atoms with Crippen LogP contribution in [0.3, 0.4) is 0 Å². The van der Waals surface area contributed by atoms with Crippen molar-refractivity contribution >= 4 is 5.69 Å². The number of nitrogens with one attached hydrogen (secondary N) is 1. The van der Waals surface area contributed by atoms with Gasteiger partial charge in [-0.3, -0.25) is 0 Å². The Morgan fingerprint density at radius 1 is 1.00 bits per heavy atom. The first-order chi connectivity index (χ1) is 8.93. The Bertz CT molecular complexity index is 462. The summed E-state index contributed by atoms with van der Waals surface area (Å²) >= 11 is 0. The summed E-state index contributed by atoms with van der Waals surface area (Å²) in [6, 6.07) is 0.0231. The van der Waals surface area contributed by atoms with E-state index in [1.807, 2.05) is 11.9 Å². The van der Waals surface area contributed by atoms with E-state index in [0.29, 0.717) is 0 Å². The number of benzene rings is 1. The minimum Gasteiger partial charge on any atom is -0.379 e. The molecule has 0 saturated carbocycles. The molecule has 1 aliphatic heterocycles. The van der Waals surface area contributed by atoms with Crippen LogP contribution in [0.5, 0.6) is 0 Å². The van der Waals surface area contributed by atoms with Gasteiger partial charge < -0.3 is 10.2 Å². The Balaban J connectivity index is 2.20. The highest BCUT2D eigenvalue weighted by atomic mass is 19.2. The van der Waals surface area contributed by atoms with E-state index in [9.17, 15) is 22.0 Å². The fourth-order valence-electron chi connectivity index (χ4n) is 2.22. The Morgan fingerprint density at radius 3 is 2.00 bits per heavy atom. The average molecular weight is 280 g/mol. The predicted octanol–water partition coefficient (Wildman–Crippen LogP) is 2.89. The quantitative estimate of drug-likeness (QED) is 0.520. The summed E-state index contributed by atoms with van der Waals surface area (Å²) in [6.45, 7) is 0.984. The number of halogens is 5. The monoisotopic (exact) mass is 280 g/mol. The van der Waals surface area contributed by atoms with E-state index in [-0.39, 0.29) is 12.6 Å². The molecule has 0 aromatic heterocycles. The van der Waals surface area contributed by atoms with Crippen molar-refractivity contribution in [1.82, 2.24) is 4.90 Å². The van der Waals surface area contributed by atoms with Crippen molar-refractivity contribution in [2.45, 2.75) is 18.9 Å². The molecule has 1 aliphatic rings. The van der Waals surface area contributed by atoms with Gasteiger partial charge in [-0.1, -0.05) is 0 Å². The number of rotatable bonds is 3. The molecular formula is C12H13F5N2. The lowest BCUT2D eigenvalue weighted by molar-refractivity contribution is 0.321. The van der Waals surface area contributed by atoms with Gasteiger partial charge in [-0.15, -0.1) is 0 Å². The third-order valence-electron chi connectivity index (χ3n) is 3.40. The first-order valence-corrected chi connectivity index (χ1v) is 5.89. The van der Waals surface area contributed by atoms with Crippen LogP contribution in [0.15, 0.2) is 0 Å². The van der Waals surface area contributed by atoms with Gasteiger partial charge in [-0.25, -0.2) is 22.0 Å². The summed E-state index contributed by atoms with van der Waals surface area (Å²) in [5, 5.41) is 2.32. The molecule has 1 N–H and O–H groups in total. The predicted molar refractivity (Wildman–Crippen MR) is 60.4 cm³/mol. The number of anilines is 1. The summed E-state index contributed by atoms with van der Waals surface area (Å²) in [5.41, 5.74) is -0.961. The van der Waals surface area contributed by atoms with Gasteiger partial charge in [0.05, 0.1) is 0 Å². The van der Waals surface area contributed by atoms with E-state index in [4.69, 9.17) is 0 Å². The number of nitrogens with zero attached hydrogens (tertiary/aromatic N) is 1. The SMILES string of the molecule is CN1CCCC1CNc1c(F)c(F)c(F)c(F)c1F. The van der Waals surface area contributed by atoms with E-state index in [1.165, 1.54) is 0 Å². The highest BCUT2D eigenvalue weighted by Gasteiger charge is 2.27. The molecule has 1 heterocycles. The van der Waals surface area contributed by atoms with Crippen LogP contribution >= 0.6 is 0 Å². The van der Waals surface area contributed by atoms with E-state index >= 15 is 0 Å². The summed E-state index contributed by atoms with van der Waals surface area (Å²) in [5.74, 6) is -9.64. The standard InChI is InChI=1S/C12H13F5N2/c1-19-4-2-3-6(19)5-18-12-10(16)8(14)7(13)9(15)11(12)17/h6,18H,2-5H2,1H3. The maximum atomic E-state index is 13.4. The molecule has 0 spiro atoms. The van der Waals surface area contributed by atoms with E-state index < -0.39 is 34.8 Å². The lowest BCUT2D eigenvalue weighted by atomic mass is 10.2. The van der Waals surface area contributed by atoms with Crippen LogP contribution in [0, 0.1) is 29.1 Å². The lowest BCUT2D eigenvalue weighted by Gasteiger charge is -2.20. The summed E-state index contributed by atoms with van der Waals surface area (Å²) in [4.78, 5) is 1.97. The van der Waals surface area contributed by atoms with Gasteiger partial charge in [-0.05, 0) is 26.4 Å². The zero-order valence-corrected chi connectivity index (χ0v) is 10.2. The molecule has 106 valence electrons. The van der Waals surface area contributed by atoms with Crippen molar-refractivity contribution in [2.75, 3.05) is 25.5 Å². The molecule has 1 atom stereocenters. The first kappa shape index (κ1) is 14.0. The van der Waals surface area contributed by atoms with Gasteiger partial charge in [0, 0.05) is 12.6 Å². The van der Waals surface area contributed by atoms with Crippen LogP contribution in [-0.2, 0) is 0 Å². The topological polar surface area (TPSA) is 15.3 Å². The first-order valence-electron chi connectivity index (χ1n) is 5.89. The summed E-state index contributed by atoms with van der Waals surface area (Å²) in [6.07, 6.45) is 1.76. The van der Waals surface area contributed by atoms with Gasteiger partial charge >= 0.3 is 0 Å². The third kappa shape index (κ3) is 2.51. The minimum atomic E-state index is -2.14. The second-order valence-corrected chi connectivity index (χ2v) is 4.60. The average Bonchev–Trinajstić information content (AvgIpc) is 2.80. The van der Waals surface area contributed by atoms with E-state index in [0.717, 1.165) is 19.4 Å². The minimum absolute atomic E-state index is 0.0231. The fraction of sp³-hybridized carbons (Fsp3) is 0.500. The number of hydrogen-bond donors (Lipinski definition) is 1. The second-order valence-electron chi connectivity index (χ2n) is 4.60. The Labute approximate surface area is 107 Å². The van der Waals surface area contributed by atoms with Gasteiger partial charge in [0.15, 0.2) is 23.3 Å². The van der Waals surface area contributed by atoms with Crippen molar-refractivity contribution in [1.29, 1.82) is 0 Å². The Hall–Kier alpha value is -1.37. The number of likely N-dealkylation sites (N-methyl/N-ethyl adjacent to an activating group) is 1. The highest BCUT2D eigenvalue weighted by Crippen LogP contribution is 2.27. The Morgan fingerprint density at radius 2 is 1.53 bits per heavy atom. The largest absolute Gasteiger partial charge is 0.379 e. The maximum Gasteiger partial charge on any atom is 0.200 e. The maximum absolute atomic E-state index is 13.4. The van der Waals surface area contributed by atoms with Crippen molar-refractivity contribution in [3.63, 3.8) is 0 Å². The molecule has 2 rings (SSSR count). The van der Waals surface area contributed by atoms with Crippen LogP contribution in [0.1, 0.15) is 12.8 Å². The summed E-state index contributed by atoms with van der Waals surface area (Å²) < 4.78 is 65.5. The molecule has 2 nitrogen and oxygen atoms in total. The number of likely N-dealkylation sites (tertiary alicyclic amines) is 1. The van der Waals surface area contributed by atoms with Gasteiger partial charge in [-0.2, -0.15) is 0 Å². The van der Waals surface area contributed by atoms with Crippen LogP contribution in [-0.4, -0.2) is 31.1 Å². The zero-order valence-electron chi connectivity index (χ0n) is 10.2. The van der Waals surface area contributed by atoms with Crippen LogP contribution < -0.4 is 5.32 Å². The third-order valence-corrected chi connectivity index (χ3v) is 3.40. The molecule has 0 amide bonds. The zero-order chi connectivity index (χ0) is 14.2. The Kier molecular flexibility index (Phi) is 3.93.